The van der Waals surface area contributed by atoms with Crippen molar-refractivity contribution in [2.75, 3.05) is 29.9 Å². The van der Waals surface area contributed by atoms with Crippen LogP contribution in [0.3, 0.4) is 0 Å². The first-order valence-electron chi connectivity index (χ1n) is 7.81. The fraction of sp³-hybridized carbons (Fsp3) is 0.312. The smallest absolute Gasteiger partial charge is 0.416 e. The highest BCUT2D eigenvalue weighted by Crippen LogP contribution is 2.31. The number of hydrogen-bond donors (Lipinski definition) is 3. The lowest BCUT2D eigenvalue weighted by Gasteiger charge is -2.33. The van der Waals surface area contributed by atoms with E-state index < -0.39 is 23.8 Å². The zero-order valence-corrected chi connectivity index (χ0v) is 13.5. The minimum atomic E-state index is -4.40. The lowest BCUT2D eigenvalue weighted by molar-refractivity contribution is -0.139. The largest absolute Gasteiger partial charge is 0.480 e. The van der Waals surface area contributed by atoms with E-state index in [1.54, 1.807) is 4.90 Å². The third-order valence-electron chi connectivity index (χ3n) is 3.93. The van der Waals surface area contributed by atoms with Gasteiger partial charge in [-0.3, -0.25) is 4.79 Å². The summed E-state index contributed by atoms with van der Waals surface area (Å²) in [7, 11) is 0. The summed E-state index contributed by atoms with van der Waals surface area (Å²) in [6.45, 7) is 1.20. The number of halogens is 3. The van der Waals surface area contributed by atoms with Crippen molar-refractivity contribution in [3.63, 3.8) is 0 Å². The first-order chi connectivity index (χ1) is 12.3. The van der Waals surface area contributed by atoms with Crippen LogP contribution in [0, 0.1) is 0 Å². The van der Waals surface area contributed by atoms with Crippen LogP contribution in [0.4, 0.5) is 30.5 Å². The van der Waals surface area contributed by atoms with Crippen molar-refractivity contribution in [2.45, 2.75) is 12.2 Å². The number of nitrogens with zero attached hydrogens (tertiary/aromatic N) is 3. The Morgan fingerprint density at radius 1 is 1.23 bits per heavy atom. The van der Waals surface area contributed by atoms with E-state index in [2.05, 4.69) is 20.6 Å². The molecule has 1 aliphatic rings. The number of aliphatic carboxylic acids is 1. The maximum Gasteiger partial charge on any atom is 0.416 e. The number of alkyl halides is 3. The molecule has 0 aliphatic carbocycles. The first kappa shape index (κ1) is 17.9. The standard InChI is InChI=1S/C16H16F3N5O2/c17-16(18,19)10-1-3-11(4-2-10)23-13-14(22-6-5-21-13)24-8-7-20-12(9-24)15(25)26/h1-6,12,20H,7-9H2,(H,21,23)(H,25,26)/t12-/m1/s1. The quantitative estimate of drug-likeness (QED) is 0.762. The van der Waals surface area contributed by atoms with Crippen LogP contribution >= 0.6 is 0 Å². The topological polar surface area (TPSA) is 90.4 Å². The van der Waals surface area contributed by atoms with Crippen molar-refractivity contribution >= 4 is 23.3 Å². The van der Waals surface area contributed by atoms with E-state index in [0.717, 1.165) is 12.1 Å². The molecular weight excluding hydrogens is 351 g/mol. The van der Waals surface area contributed by atoms with Gasteiger partial charge >= 0.3 is 12.1 Å². The third-order valence-corrected chi connectivity index (χ3v) is 3.93. The van der Waals surface area contributed by atoms with E-state index in [1.807, 2.05) is 0 Å². The summed E-state index contributed by atoms with van der Waals surface area (Å²) >= 11 is 0. The Balaban J connectivity index is 1.80. The average molecular weight is 367 g/mol. The molecule has 2 aromatic rings. The van der Waals surface area contributed by atoms with Crippen molar-refractivity contribution in [1.29, 1.82) is 0 Å². The molecule has 0 amide bonds. The lowest BCUT2D eigenvalue weighted by atomic mass is 10.2. The Morgan fingerprint density at radius 3 is 2.58 bits per heavy atom. The van der Waals surface area contributed by atoms with Gasteiger partial charge in [0.05, 0.1) is 5.56 Å². The molecule has 1 saturated heterocycles. The molecule has 2 heterocycles. The molecular formula is C16H16F3N5O2. The van der Waals surface area contributed by atoms with E-state index in [9.17, 15) is 18.0 Å². The number of rotatable bonds is 4. The minimum absolute atomic E-state index is 0.204. The van der Waals surface area contributed by atoms with Gasteiger partial charge in [0.15, 0.2) is 11.6 Å². The Bertz CT molecular complexity index is 782. The second-order valence-corrected chi connectivity index (χ2v) is 5.72. The van der Waals surface area contributed by atoms with E-state index in [-0.39, 0.29) is 6.54 Å². The minimum Gasteiger partial charge on any atom is -0.480 e. The predicted molar refractivity (Wildman–Crippen MR) is 88.4 cm³/mol. The zero-order chi connectivity index (χ0) is 18.7. The molecule has 0 radical (unpaired) electrons. The molecule has 3 N–H and O–H groups in total. The van der Waals surface area contributed by atoms with Gasteiger partial charge in [-0.1, -0.05) is 0 Å². The van der Waals surface area contributed by atoms with Crippen molar-refractivity contribution in [3.05, 3.63) is 42.2 Å². The lowest BCUT2D eigenvalue weighted by Crippen LogP contribution is -2.54. The molecule has 7 nitrogen and oxygen atoms in total. The molecule has 3 rings (SSSR count). The highest BCUT2D eigenvalue weighted by molar-refractivity contribution is 5.76. The molecule has 26 heavy (non-hydrogen) atoms. The average Bonchev–Trinajstić information content (AvgIpc) is 2.62. The Hall–Kier alpha value is -2.88. The van der Waals surface area contributed by atoms with Crippen LogP contribution in [0.15, 0.2) is 36.7 Å². The number of nitrogens with one attached hydrogen (secondary N) is 2. The van der Waals surface area contributed by atoms with Crippen LogP contribution in [0.1, 0.15) is 5.56 Å². The number of carboxylic acids is 1. The van der Waals surface area contributed by atoms with E-state index in [1.165, 1.54) is 24.5 Å². The van der Waals surface area contributed by atoms with Gasteiger partial charge in [-0.05, 0) is 24.3 Å². The second-order valence-electron chi connectivity index (χ2n) is 5.72. The zero-order valence-electron chi connectivity index (χ0n) is 13.5. The third kappa shape index (κ3) is 4.02. The molecule has 1 aromatic carbocycles. The molecule has 0 unspecified atom stereocenters. The second kappa shape index (κ2) is 7.16. The summed E-state index contributed by atoms with van der Waals surface area (Å²) in [5.41, 5.74) is -0.321. The highest BCUT2D eigenvalue weighted by atomic mass is 19.4. The van der Waals surface area contributed by atoms with Crippen molar-refractivity contribution in [3.8, 4) is 0 Å². The van der Waals surface area contributed by atoms with E-state index in [4.69, 9.17) is 5.11 Å². The summed E-state index contributed by atoms with van der Waals surface area (Å²) in [5.74, 6) is -0.172. The highest BCUT2D eigenvalue weighted by Gasteiger charge is 2.30. The molecule has 1 fully saturated rings. The van der Waals surface area contributed by atoms with Crippen LogP contribution in [0.25, 0.3) is 0 Å². The predicted octanol–water partition coefficient (Wildman–Crippen LogP) is 2.10. The fourth-order valence-corrected chi connectivity index (χ4v) is 2.64. The monoisotopic (exact) mass is 367 g/mol. The van der Waals surface area contributed by atoms with E-state index >= 15 is 0 Å². The maximum absolute atomic E-state index is 12.7. The Morgan fingerprint density at radius 2 is 1.92 bits per heavy atom. The SMILES string of the molecule is O=C(O)[C@H]1CN(c2nccnc2Nc2ccc(C(F)(F)F)cc2)CCN1. The van der Waals surface area contributed by atoms with Crippen LogP contribution in [-0.2, 0) is 11.0 Å². The summed E-state index contributed by atoms with van der Waals surface area (Å²) in [5, 5.41) is 15.0. The van der Waals surface area contributed by atoms with Gasteiger partial charge in [-0.15, -0.1) is 0 Å². The molecule has 1 aromatic heterocycles. The van der Waals surface area contributed by atoms with Gasteiger partial charge in [0.2, 0.25) is 0 Å². The molecule has 1 atom stereocenters. The van der Waals surface area contributed by atoms with E-state index in [0.29, 0.717) is 30.4 Å². The summed E-state index contributed by atoms with van der Waals surface area (Å²) in [6.07, 6.45) is -1.47. The first-order valence-corrected chi connectivity index (χ1v) is 7.81. The number of carboxylic acid groups (broad SMARTS) is 1. The van der Waals surface area contributed by atoms with Crippen molar-refractivity contribution in [2.24, 2.45) is 0 Å². The summed E-state index contributed by atoms with van der Waals surface area (Å²) in [4.78, 5) is 21.4. The molecule has 0 bridgehead atoms. The van der Waals surface area contributed by atoms with Crippen LogP contribution in [-0.4, -0.2) is 46.7 Å². The number of aromatic nitrogens is 2. The molecule has 10 heteroatoms. The number of benzene rings is 1. The van der Waals surface area contributed by atoms with Gasteiger partial charge < -0.3 is 20.6 Å². The number of anilines is 3. The van der Waals surface area contributed by atoms with Gasteiger partial charge in [0.25, 0.3) is 0 Å². The number of hydrogen-bond acceptors (Lipinski definition) is 6. The van der Waals surface area contributed by atoms with Gasteiger partial charge in [-0.25, -0.2) is 9.97 Å². The van der Waals surface area contributed by atoms with Gasteiger partial charge in [-0.2, -0.15) is 13.2 Å². The summed E-state index contributed by atoms with van der Waals surface area (Å²) < 4.78 is 38.0. The van der Waals surface area contributed by atoms with Crippen LogP contribution < -0.4 is 15.5 Å². The van der Waals surface area contributed by atoms with Crippen molar-refractivity contribution in [1.82, 2.24) is 15.3 Å². The van der Waals surface area contributed by atoms with Gasteiger partial charge in [0.1, 0.15) is 6.04 Å². The van der Waals surface area contributed by atoms with Crippen LogP contribution in [0.2, 0.25) is 0 Å². The Kier molecular flexibility index (Phi) is 4.94. The molecule has 1 aliphatic heterocycles. The number of carbonyl (C=O) groups is 1. The fourth-order valence-electron chi connectivity index (χ4n) is 2.64. The number of piperazine rings is 1. The van der Waals surface area contributed by atoms with Gasteiger partial charge in [0, 0.05) is 37.7 Å². The van der Waals surface area contributed by atoms with Crippen LogP contribution in [0.5, 0.6) is 0 Å². The molecule has 0 saturated carbocycles. The Labute approximate surface area is 146 Å². The normalized spacial score (nSPS) is 17.8. The molecule has 0 spiro atoms. The maximum atomic E-state index is 12.7. The van der Waals surface area contributed by atoms with Crippen molar-refractivity contribution < 1.29 is 23.1 Å². The molecule has 138 valence electrons. The summed E-state index contributed by atoms with van der Waals surface area (Å²) in [6, 6.07) is 3.83.